The number of carbonyl (C=O) groups excluding carboxylic acids is 1. The Morgan fingerprint density at radius 2 is 2.00 bits per heavy atom. The molecule has 0 unspecified atom stereocenters. The molecule has 1 N–H and O–H groups in total. The number of benzene rings is 2. The second-order valence-electron chi connectivity index (χ2n) is 5.64. The number of amides is 1. The maximum atomic E-state index is 11.3. The Morgan fingerprint density at radius 1 is 1.20 bits per heavy atom. The molecule has 2 aromatic rings. The van der Waals surface area contributed by atoms with Crippen LogP contribution in [0.3, 0.4) is 0 Å². The molecule has 2 aromatic carbocycles. The van der Waals surface area contributed by atoms with Gasteiger partial charge in [-0.05, 0) is 42.2 Å². The molecular weight excluding hydrogens is 316 g/mol. The highest BCUT2D eigenvalue weighted by molar-refractivity contribution is 5.77. The Kier molecular flexibility index (Phi) is 6.85. The smallest absolute Gasteiger partial charge is 0.234 e. The number of hydrogen-bond donors (Lipinski definition) is 1. The zero-order valence-corrected chi connectivity index (χ0v) is 14.5. The van der Waals surface area contributed by atoms with Gasteiger partial charge in [0.15, 0.2) is 11.5 Å². The van der Waals surface area contributed by atoms with Crippen LogP contribution in [0.2, 0.25) is 0 Å². The summed E-state index contributed by atoms with van der Waals surface area (Å²) in [6.45, 7) is 3.01. The molecule has 0 saturated carbocycles. The van der Waals surface area contributed by atoms with E-state index < -0.39 is 0 Å². The van der Waals surface area contributed by atoms with Crippen LogP contribution in [0.25, 0.3) is 0 Å². The van der Waals surface area contributed by atoms with Crippen molar-refractivity contribution in [3.63, 3.8) is 0 Å². The molecule has 130 valence electrons. The molecule has 0 aliphatic heterocycles. The van der Waals surface area contributed by atoms with E-state index in [9.17, 15) is 4.79 Å². The highest BCUT2D eigenvalue weighted by Gasteiger charge is 2.08. The van der Waals surface area contributed by atoms with E-state index in [0.717, 1.165) is 11.1 Å². The number of carbonyl (C=O) groups is 1. The fourth-order valence-electron chi connectivity index (χ4n) is 2.39. The van der Waals surface area contributed by atoms with Gasteiger partial charge < -0.3 is 14.8 Å². The van der Waals surface area contributed by atoms with Gasteiger partial charge in [0, 0.05) is 6.54 Å². The first-order valence-electron chi connectivity index (χ1n) is 8.12. The number of nitriles is 1. The molecule has 0 spiro atoms. The molecule has 25 heavy (non-hydrogen) atoms. The molecule has 5 nitrogen and oxygen atoms in total. The topological polar surface area (TPSA) is 71.3 Å². The molecule has 1 amide bonds. The average molecular weight is 338 g/mol. The highest BCUT2D eigenvalue weighted by Crippen LogP contribution is 2.29. The minimum Gasteiger partial charge on any atom is -0.493 e. The Labute approximate surface area is 148 Å². The largest absolute Gasteiger partial charge is 0.493 e. The van der Waals surface area contributed by atoms with E-state index in [0.29, 0.717) is 31.1 Å². The standard InChI is InChI=1S/C20H22N2O3/c1-15-5-3-4-6-17(15)14-25-18-8-7-16(13-19(18)24-2)10-12-22-20(23)9-11-21/h3-8,13H,9-10,12,14H2,1-2H3,(H,22,23). The Balaban J connectivity index is 1.95. The summed E-state index contributed by atoms with van der Waals surface area (Å²) in [7, 11) is 1.61. The van der Waals surface area contributed by atoms with Crippen LogP contribution in [0, 0.1) is 18.3 Å². The van der Waals surface area contributed by atoms with E-state index in [2.05, 4.69) is 18.3 Å². The van der Waals surface area contributed by atoms with Crippen molar-refractivity contribution in [2.75, 3.05) is 13.7 Å². The van der Waals surface area contributed by atoms with Crippen LogP contribution in [-0.4, -0.2) is 19.6 Å². The van der Waals surface area contributed by atoms with Gasteiger partial charge in [-0.25, -0.2) is 0 Å². The lowest BCUT2D eigenvalue weighted by Crippen LogP contribution is -2.24. The van der Waals surface area contributed by atoms with Crippen molar-refractivity contribution in [2.45, 2.75) is 26.4 Å². The van der Waals surface area contributed by atoms with E-state index in [-0.39, 0.29) is 12.3 Å². The fourth-order valence-corrected chi connectivity index (χ4v) is 2.39. The van der Waals surface area contributed by atoms with E-state index in [1.165, 1.54) is 5.56 Å². The van der Waals surface area contributed by atoms with Gasteiger partial charge in [0.1, 0.15) is 13.0 Å². The Bertz CT molecular complexity index is 766. The van der Waals surface area contributed by atoms with Crippen LogP contribution in [-0.2, 0) is 17.8 Å². The molecule has 0 heterocycles. The van der Waals surface area contributed by atoms with E-state index in [1.54, 1.807) is 7.11 Å². The first kappa shape index (κ1) is 18.3. The minimum absolute atomic E-state index is 0.116. The van der Waals surface area contributed by atoms with Gasteiger partial charge in [-0.2, -0.15) is 5.26 Å². The number of nitrogens with zero attached hydrogens (tertiary/aromatic N) is 1. The van der Waals surface area contributed by atoms with Gasteiger partial charge in [0.05, 0.1) is 13.2 Å². The predicted molar refractivity (Wildman–Crippen MR) is 95.4 cm³/mol. The quantitative estimate of drug-likeness (QED) is 0.802. The molecule has 0 atom stereocenters. The van der Waals surface area contributed by atoms with Crippen LogP contribution in [0.4, 0.5) is 0 Å². The third-order valence-corrected chi connectivity index (χ3v) is 3.85. The molecule has 0 aliphatic rings. The fraction of sp³-hybridized carbons (Fsp3) is 0.300. The molecule has 0 aromatic heterocycles. The Hall–Kier alpha value is -3.00. The summed E-state index contributed by atoms with van der Waals surface area (Å²) in [4.78, 5) is 11.3. The lowest BCUT2D eigenvalue weighted by molar-refractivity contribution is -0.120. The molecule has 0 radical (unpaired) electrons. The number of methoxy groups -OCH3 is 1. The zero-order valence-electron chi connectivity index (χ0n) is 14.5. The van der Waals surface area contributed by atoms with Crippen molar-refractivity contribution in [1.82, 2.24) is 5.32 Å². The number of nitrogens with one attached hydrogen (secondary N) is 1. The first-order chi connectivity index (χ1) is 12.1. The lowest BCUT2D eigenvalue weighted by Gasteiger charge is -2.13. The predicted octanol–water partition coefficient (Wildman–Crippen LogP) is 3.16. The number of aryl methyl sites for hydroxylation is 1. The summed E-state index contributed by atoms with van der Waals surface area (Å²) < 4.78 is 11.3. The first-order valence-corrected chi connectivity index (χ1v) is 8.12. The van der Waals surface area contributed by atoms with Crippen molar-refractivity contribution >= 4 is 5.91 Å². The van der Waals surface area contributed by atoms with Crippen molar-refractivity contribution < 1.29 is 14.3 Å². The van der Waals surface area contributed by atoms with Gasteiger partial charge in [-0.3, -0.25) is 4.79 Å². The number of rotatable bonds is 8. The molecule has 5 heteroatoms. The van der Waals surface area contributed by atoms with Crippen molar-refractivity contribution in [3.05, 3.63) is 59.2 Å². The van der Waals surface area contributed by atoms with E-state index >= 15 is 0 Å². The molecule has 0 fully saturated rings. The maximum absolute atomic E-state index is 11.3. The lowest BCUT2D eigenvalue weighted by atomic mass is 10.1. The summed E-state index contributed by atoms with van der Waals surface area (Å²) in [5.74, 6) is 1.09. The third kappa shape index (κ3) is 5.54. The number of hydrogen-bond acceptors (Lipinski definition) is 4. The molecular formula is C20H22N2O3. The summed E-state index contributed by atoms with van der Waals surface area (Å²) in [5, 5.41) is 11.2. The van der Waals surface area contributed by atoms with E-state index in [4.69, 9.17) is 14.7 Å². The van der Waals surface area contributed by atoms with Crippen LogP contribution >= 0.6 is 0 Å². The number of ether oxygens (including phenoxy) is 2. The van der Waals surface area contributed by atoms with Gasteiger partial charge in [-0.1, -0.05) is 30.3 Å². The van der Waals surface area contributed by atoms with Crippen LogP contribution in [0.15, 0.2) is 42.5 Å². The highest BCUT2D eigenvalue weighted by atomic mass is 16.5. The molecule has 0 aliphatic carbocycles. The van der Waals surface area contributed by atoms with Gasteiger partial charge in [0.2, 0.25) is 5.91 Å². The van der Waals surface area contributed by atoms with Gasteiger partial charge in [0.25, 0.3) is 0 Å². The zero-order chi connectivity index (χ0) is 18.1. The Morgan fingerprint density at radius 3 is 2.72 bits per heavy atom. The van der Waals surface area contributed by atoms with Crippen LogP contribution in [0.5, 0.6) is 11.5 Å². The van der Waals surface area contributed by atoms with Crippen LogP contribution in [0.1, 0.15) is 23.1 Å². The average Bonchev–Trinajstić information content (AvgIpc) is 2.62. The van der Waals surface area contributed by atoms with Gasteiger partial charge in [-0.15, -0.1) is 0 Å². The van der Waals surface area contributed by atoms with E-state index in [1.807, 2.05) is 42.5 Å². The third-order valence-electron chi connectivity index (χ3n) is 3.85. The van der Waals surface area contributed by atoms with Crippen LogP contribution < -0.4 is 14.8 Å². The normalized spacial score (nSPS) is 9.96. The van der Waals surface area contributed by atoms with Crippen molar-refractivity contribution in [1.29, 1.82) is 5.26 Å². The second-order valence-corrected chi connectivity index (χ2v) is 5.64. The summed E-state index contributed by atoms with van der Waals surface area (Å²) >= 11 is 0. The summed E-state index contributed by atoms with van der Waals surface area (Å²) in [5.41, 5.74) is 3.34. The van der Waals surface area contributed by atoms with Crippen molar-refractivity contribution in [2.24, 2.45) is 0 Å². The summed E-state index contributed by atoms with van der Waals surface area (Å²) in [6.07, 6.45) is 0.542. The maximum Gasteiger partial charge on any atom is 0.234 e. The minimum atomic E-state index is -0.257. The van der Waals surface area contributed by atoms with Gasteiger partial charge >= 0.3 is 0 Å². The monoisotopic (exact) mass is 338 g/mol. The second kappa shape index (κ2) is 9.33. The molecule has 0 saturated heterocycles. The SMILES string of the molecule is COc1cc(CCNC(=O)CC#N)ccc1OCc1ccccc1C. The summed E-state index contributed by atoms with van der Waals surface area (Å²) in [6, 6.07) is 15.7. The molecule has 0 bridgehead atoms. The molecule has 2 rings (SSSR count). The van der Waals surface area contributed by atoms with Crippen molar-refractivity contribution in [3.8, 4) is 17.6 Å².